The predicted molar refractivity (Wildman–Crippen MR) is 115 cm³/mol. The zero-order chi connectivity index (χ0) is 19.9. The fourth-order valence-electron chi connectivity index (χ4n) is 2.86. The summed E-state index contributed by atoms with van der Waals surface area (Å²) in [6.45, 7) is 0. The molecule has 28 heavy (non-hydrogen) atoms. The standard InChI is InChI=1S/C20H14Cl2N2O2S2/c1-28(25,26)14-6-4-5-13(11-14)18-9-10-19(27-18)20-16(22)12-23-24(20)17-8-3-2-7-15(17)21/h2-12H,1H3. The Morgan fingerprint density at radius 3 is 2.43 bits per heavy atom. The SMILES string of the molecule is CS(=O)(=O)c1cccc(-c2ccc(-c3c(Cl)cnn3-c3ccccc3Cl)s2)c1. The summed E-state index contributed by atoms with van der Waals surface area (Å²) in [6.07, 6.45) is 2.79. The third-order valence-corrected chi connectivity index (χ3v) is 7.04. The summed E-state index contributed by atoms with van der Waals surface area (Å²) in [5, 5.41) is 5.46. The largest absolute Gasteiger partial charge is 0.229 e. The molecule has 8 heteroatoms. The summed E-state index contributed by atoms with van der Waals surface area (Å²) in [5.41, 5.74) is 2.31. The van der Waals surface area contributed by atoms with E-state index in [4.69, 9.17) is 23.2 Å². The summed E-state index contributed by atoms with van der Waals surface area (Å²) in [5.74, 6) is 0. The molecule has 0 unspecified atom stereocenters. The van der Waals surface area contributed by atoms with Gasteiger partial charge < -0.3 is 0 Å². The second-order valence-corrected chi connectivity index (χ2v) is 10.1. The molecule has 4 nitrogen and oxygen atoms in total. The molecule has 4 aromatic rings. The molecule has 0 aliphatic rings. The van der Waals surface area contributed by atoms with E-state index in [9.17, 15) is 8.42 Å². The lowest BCUT2D eigenvalue weighted by atomic mass is 10.2. The Morgan fingerprint density at radius 2 is 1.68 bits per heavy atom. The Balaban J connectivity index is 1.80. The normalized spacial score (nSPS) is 11.7. The third kappa shape index (κ3) is 3.61. The van der Waals surface area contributed by atoms with Crippen molar-refractivity contribution in [3.8, 4) is 26.7 Å². The average Bonchev–Trinajstić information content (AvgIpc) is 3.28. The zero-order valence-corrected chi connectivity index (χ0v) is 17.8. The molecule has 0 saturated heterocycles. The molecule has 0 N–H and O–H groups in total. The van der Waals surface area contributed by atoms with E-state index in [2.05, 4.69) is 5.10 Å². The van der Waals surface area contributed by atoms with Crippen molar-refractivity contribution in [2.45, 2.75) is 4.90 Å². The topological polar surface area (TPSA) is 52.0 Å². The second-order valence-electron chi connectivity index (χ2n) is 6.17. The Labute approximate surface area is 176 Å². The molecular weight excluding hydrogens is 435 g/mol. The molecule has 0 atom stereocenters. The van der Waals surface area contributed by atoms with Crippen LogP contribution in [-0.4, -0.2) is 24.5 Å². The van der Waals surface area contributed by atoms with Crippen molar-refractivity contribution in [2.24, 2.45) is 0 Å². The number of hydrogen-bond donors (Lipinski definition) is 0. The van der Waals surface area contributed by atoms with Gasteiger partial charge in [0.1, 0.15) is 5.69 Å². The second kappa shape index (κ2) is 7.37. The van der Waals surface area contributed by atoms with Crippen LogP contribution in [0, 0.1) is 0 Å². The van der Waals surface area contributed by atoms with Gasteiger partial charge in [-0.1, -0.05) is 47.5 Å². The lowest BCUT2D eigenvalue weighted by molar-refractivity contribution is 0.602. The monoisotopic (exact) mass is 448 g/mol. The van der Waals surface area contributed by atoms with Crippen molar-refractivity contribution in [3.63, 3.8) is 0 Å². The molecule has 0 saturated carbocycles. The van der Waals surface area contributed by atoms with Crippen LogP contribution in [0.2, 0.25) is 10.0 Å². The molecule has 0 aliphatic carbocycles. The van der Waals surface area contributed by atoms with Crippen LogP contribution in [0.1, 0.15) is 0 Å². The Kier molecular flexibility index (Phi) is 5.05. The first kappa shape index (κ1) is 19.2. The van der Waals surface area contributed by atoms with Gasteiger partial charge in [-0.05, 0) is 42.0 Å². The van der Waals surface area contributed by atoms with E-state index in [-0.39, 0.29) is 0 Å². The molecular formula is C20H14Cl2N2O2S2. The molecule has 0 fully saturated rings. The molecule has 0 aliphatic heterocycles. The van der Waals surface area contributed by atoms with Crippen molar-refractivity contribution in [2.75, 3.05) is 6.26 Å². The fourth-order valence-corrected chi connectivity index (χ4v) is 5.07. The molecule has 0 radical (unpaired) electrons. The summed E-state index contributed by atoms with van der Waals surface area (Å²) >= 11 is 14.3. The van der Waals surface area contributed by atoms with Crippen LogP contribution in [0.25, 0.3) is 26.7 Å². The quantitative estimate of drug-likeness (QED) is 0.385. The van der Waals surface area contributed by atoms with E-state index >= 15 is 0 Å². The number of halogens is 2. The lowest BCUT2D eigenvalue weighted by Crippen LogP contribution is -1.98. The van der Waals surface area contributed by atoms with E-state index in [0.717, 1.165) is 26.7 Å². The highest BCUT2D eigenvalue weighted by atomic mass is 35.5. The summed E-state index contributed by atoms with van der Waals surface area (Å²) in [4.78, 5) is 2.13. The molecule has 4 rings (SSSR count). The summed E-state index contributed by atoms with van der Waals surface area (Å²) < 4.78 is 25.4. The zero-order valence-electron chi connectivity index (χ0n) is 14.6. The van der Waals surface area contributed by atoms with E-state index in [1.54, 1.807) is 35.1 Å². The van der Waals surface area contributed by atoms with Gasteiger partial charge in [0.2, 0.25) is 0 Å². The van der Waals surface area contributed by atoms with Crippen LogP contribution >= 0.6 is 34.5 Å². The minimum Gasteiger partial charge on any atom is -0.229 e. The number of para-hydroxylation sites is 1. The van der Waals surface area contributed by atoms with E-state index in [1.165, 1.54) is 17.6 Å². The maximum Gasteiger partial charge on any atom is 0.175 e. The maximum atomic E-state index is 11.8. The Bertz CT molecular complexity index is 1280. The first-order valence-electron chi connectivity index (χ1n) is 8.24. The molecule has 0 bridgehead atoms. The number of sulfone groups is 1. The Morgan fingerprint density at radius 1 is 0.929 bits per heavy atom. The van der Waals surface area contributed by atoms with Crippen molar-refractivity contribution >= 4 is 44.4 Å². The molecule has 2 aromatic carbocycles. The molecule has 0 amide bonds. The summed E-state index contributed by atoms with van der Waals surface area (Å²) in [6, 6.07) is 18.2. The van der Waals surface area contributed by atoms with Gasteiger partial charge in [0.15, 0.2) is 9.84 Å². The van der Waals surface area contributed by atoms with Crippen molar-refractivity contribution < 1.29 is 8.42 Å². The Hall–Kier alpha value is -2.12. The number of thiophene rings is 1. The van der Waals surface area contributed by atoms with Gasteiger partial charge in [0, 0.05) is 11.1 Å². The van der Waals surface area contributed by atoms with Crippen LogP contribution in [0.3, 0.4) is 0 Å². The van der Waals surface area contributed by atoms with Crippen LogP contribution in [0.15, 0.2) is 71.8 Å². The highest BCUT2D eigenvalue weighted by Crippen LogP contribution is 2.39. The van der Waals surface area contributed by atoms with Gasteiger partial charge in [0.25, 0.3) is 0 Å². The highest BCUT2D eigenvalue weighted by Gasteiger charge is 2.17. The number of benzene rings is 2. The first-order valence-corrected chi connectivity index (χ1v) is 11.7. The molecule has 2 heterocycles. The van der Waals surface area contributed by atoms with Gasteiger partial charge in [-0.2, -0.15) is 5.10 Å². The first-order chi connectivity index (χ1) is 13.3. The smallest absolute Gasteiger partial charge is 0.175 e. The number of rotatable bonds is 4. The number of aromatic nitrogens is 2. The fraction of sp³-hybridized carbons (Fsp3) is 0.0500. The van der Waals surface area contributed by atoms with Crippen LogP contribution in [-0.2, 0) is 9.84 Å². The lowest BCUT2D eigenvalue weighted by Gasteiger charge is -2.08. The highest BCUT2D eigenvalue weighted by molar-refractivity contribution is 7.90. The number of hydrogen-bond acceptors (Lipinski definition) is 4. The third-order valence-electron chi connectivity index (χ3n) is 4.19. The van der Waals surface area contributed by atoms with Crippen molar-refractivity contribution in [1.82, 2.24) is 9.78 Å². The van der Waals surface area contributed by atoms with Crippen LogP contribution in [0.4, 0.5) is 0 Å². The van der Waals surface area contributed by atoms with E-state index < -0.39 is 9.84 Å². The van der Waals surface area contributed by atoms with Gasteiger partial charge >= 0.3 is 0 Å². The van der Waals surface area contributed by atoms with Gasteiger partial charge in [-0.25, -0.2) is 13.1 Å². The van der Waals surface area contributed by atoms with E-state index in [1.807, 2.05) is 36.4 Å². The van der Waals surface area contributed by atoms with Crippen LogP contribution < -0.4 is 0 Å². The molecule has 2 aromatic heterocycles. The van der Waals surface area contributed by atoms with Gasteiger partial charge in [-0.3, -0.25) is 0 Å². The molecule has 0 spiro atoms. The van der Waals surface area contributed by atoms with Crippen molar-refractivity contribution in [1.29, 1.82) is 0 Å². The van der Waals surface area contributed by atoms with Gasteiger partial charge in [-0.15, -0.1) is 11.3 Å². The van der Waals surface area contributed by atoms with Gasteiger partial charge in [0.05, 0.1) is 31.7 Å². The number of nitrogens with zero attached hydrogens (tertiary/aromatic N) is 2. The average molecular weight is 449 g/mol. The minimum atomic E-state index is -3.27. The summed E-state index contributed by atoms with van der Waals surface area (Å²) in [7, 11) is -3.27. The van der Waals surface area contributed by atoms with E-state index in [0.29, 0.717) is 14.9 Å². The minimum absolute atomic E-state index is 0.291. The van der Waals surface area contributed by atoms with Crippen molar-refractivity contribution in [3.05, 3.63) is 76.9 Å². The molecule has 142 valence electrons. The van der Waals surface area contributed by atoms with Crippen LogP contribution in [0.5, 0.6) is 0 Å². The maximum absolute atomic E-state index is 11.8. The predicted octanol–water partition coefficient (Wildman–Crippen LogP) is 5.98.